The first kappa shape index (κ1) is 17.2. The summed E-state index contributed by atoms with van der Waals surface area (Å²) in [5.74, 6) is -0.467. The smallest absolute Gasteiger partial charge is 0.258 e. The molecule has 0 bridgehead atoms. The number of aromatic amines is 1. The second-order valence-electron chi connectivity index (χ2n) is 5.66. The zero-order chi connectivity index (χ0) is 17.8. The Morgan fingerprint density at radius 1 is 1.20 bits per heavy atom. The topological polar surface area (TPSA) is 71.2 Å². The Labute approximate surface area is 149 Å². The minimum absolute atomic E-state index is 0.0467. The van der Waals surface area contributed by atoms with Crippen molar-refractivity contribution in [3.05, 3.63) is 80.6 Å². The summed E-state index contributed by atoms with van der Waals surface area (Å²) >= 11 is 6.02. The SMILES string of the molecule is COCNC(=O)c1c[nH]c2ccc(Cc3cccc(Cl)c3)cc2c1=O. The molecule has 0 spiro atoms. The van der Waals surface area contributed by atoms with E-state index in [1.54, 1.807) is 0 Å². The van der Waals surface area contributed by atoms with E-state index in [4.69, 9.17) is 16.3 Å². The maximum Gasteiger partial charge on any atom is 0.258 e. The van der Waals surface area contributed by atoms with Crippen molar-refractivity contribution in [2.45, 2.75) is 6.42 Å². The number of hydrogen-bond donors (Lipinski definition) is 2. The lowest BCUT2D eigenvalue weighted by Gasteiger charge is -2.07. The van der Waals surface area contributed by atoms with E-state index in [2.05, 4.69) is 10.3 Å². The van der Waals surface area contributed by atoms with E-state index in [0.29, 0.717) is 22.3 Å². The molecule has 0 fully saturated rings. The van der Waals surface area contributed by atoms with Gasteiger partial charge in [-0.2, -0.15) is 0 Å². The van der Waals surface area contributed by atoms with E-state index in [9.17, 15) is 9.59 Å². The summed E-state index contributed by atoms with van der Waals surface area (Å²) < 4.78 is 4.80. The van der Waals surface area contributed by atoms with E-state index in [0.717, 1.165) is 11.1 Å². The molecule has 3 rings (SSSR count). The molecule has 3 aromatic rings. The molecule has 5 nitrogen and oxygen atoms in total. The molecule has 0 unspecified atom stereocenters. The van der Waals surface area contributed by atoms with Gasteiger partial charge in [0.2, 0.25) is 5.43 Å². The van der Waals surface area contributed by atoms with Crippen molar-refractivity contribution >= 4 is 28.4 Å². The highest BCUT2D eigenvalue weighted by atomic mass is 35.5. The molecule has 0 aliphatic heterocycles. The summed E-state index contributed by atoms with van der Waals surface area (Å²) in [6.45, 7) is 0.0467. The van der Waals surface area contributed by atoms with E-state index >= 15 is 0 Å². The van der Waals surface area contributed by atoms with Gasteiger partial charge < -0.3 is 15.0 Å². The second-order valence-corrected chi connectivity index (χ2v) is 6.09. The summed E-state index contributed by atoms with van der Waals surface area (Å²) in [7, 11) is 1.47. The predicted molar refractivity (Wildman–Crippen MR) is 98.2 cm³/mol. The van der Waals surface area contributed by atoms with Gasteiger partial charge in [-0.3, -0.25) is 9.59 Å². The summed E-state index contributed by atoms with van der Waals surface area (Å²) in [5, 5.41) is 3.67. The number of H-pyrrole nitrogens is 1. The van der Waals surface area contributed by atoms with Crippen molar-refractivity contribution in [3.8, 4) is 0 Å². The molecule has 25 heavy (non-hydrogen) atoms. The van der Waals surface area contributed by atoms with Gasteiger partial charge >= 0.3 is 0 Å². The number of carbonyl (C=O) groups is 1. The molecular weight excluding hydrogens is 340 g/mol. The molecule has 0 atom stereocenters. The lowest BCUT2D eigenvalue weighted by atomic mass is 10.0. The third kappa shape index (κ3) is 3.90. The van der Waals surface area contributed by atoms with E-state index in [1.165, 1.54) is 13.3 Å². The van der Waals surface area contributed by atoms with Crippen LogP contribution in [-0.4, -0.2) is 24.7 Å². The van der Waals surface area contributed by atoms with Crippen molar-refractivity contribution in [3.63, 3.8) is 0 Å². The summed E-state index contributed by atoms with van der Waals surface area (Å²) in [4.78, 5) is 27.7. The van der Waals surface area contributed by atoms with Gasteiger partial charge in [-0.1, -0.05) is 29.8 Å². The van der Waals surface area contributed by atoms with Gasteiger partial charge in [-0.25, -0.2) is 0 Å². The predicted octanol–water partition coefficient (Wildman–Crippen LogP) is 3.11. The number of rotatable bonds is 5. The standard InChI is InChI=1S/C19H17ClN2O3/c1-25-11-22-19(24)16-10-21-17-6-5-13(9-15(17)18(16)23)7-12-3-2-4-14(20)8-12/h2-6,8-10H,7,11H2,1H3,(H,21,23)(H,22,24). The van der Waals surface area contributed by atoms with Gasteiger partial charge in [-0.05, 0) is 41.8 Å². The number of methoxy groups -OCH3 is 1. The molecule has 0 aliphatic carbocycles. The van der Waals surface area contributed by atoms with Crippen LogP contribution in [0.15, 0.2) is 53.5 Å². The molecule has 2 aromatic carbocycles. The van der Waals surface area contributed by atoms with Crippen LogP contribution in [0.4, 0.5) is 0 Å². The fourth-order valence-electron chi connectivity index (χ4n) is 2.66. The Kier molecular flexibility index (Phi) is 5.16. The number of aromatic nitrogens is 1. The van der Waals surface area contributed by atoms with Gasteiger partial charge in [0.1, 0.15) is 12.3 Å². The molecule has 1 heterocycles. The van der Waals surface area contributed by atoms with Crippen LogP contribution in [0.25, 0.3) is 10.9 Å². The average molecular weight is 357 g/mol. The van der Waals surface area contributed by atoms with Crippen molar-refractivity contribution in [2.24, 2.45) is 0 Å². The monoisotopic (exact) mass is 356 g/mol. The maximum atomic E-state index is 12.6. The number of pyridine rings is 1. The minimum atomic E-state index is -0.467. The fourth-order valence-corrected chi connectivity index (χ4v) is 2.87. The highest BCUT2D eigenvalue weighted by molar-refractivity contribution is 6.30. The molecule has 2 N–H and O–H groups in total. The number of carbonyl (C=O) groups excluding carboxylic acids is 1. The molecule has 128 valence electrons. The first-order chi connectivity index (χ1) is 12.1. The van der Waals surface area contributed by atoms with E-state index in [1.807, 2.05) is 42.5 Å². The highest BCUT2D eigenvalue weighted by Gasteiger charge is 2.13. The quantitative estimate of drug-likeness (QED) is 0.690. The Morgan fingerprint density at radius 3 is 2.76 bits per heavy atom. The Bertz CT molecular complexity index is 982. The largest absolute Gasteiger partial charge is 0.364 e. The molecule has 0 radical (unpaired) electrons. The molecule has 1 amide bonds. The second kappa shape index (κ2) is 7.51. The van der Waals surface area contributed by atoms with Gasteiger partial charge in [0.15, 0.2) is 0 Å². The zero-order valence-corrected chi connectivity index (χ0v) is 14.4. The van der Waals surface area contributed by atoms with Crippen LogP contribution in [-0.2, 0) is 11.2 Å². The summed E-state index contributed by atoms with van der Waals surface area (Å²) in [6, 6.07) is 13.2. The molecule has 0 aliphatic rings. The van der Waals surface area contributed by atoms with Gasteiger partial charge in [-0.15, -0.1) is 0 Å². The van der Waals surface area contributed by atoms with E-state index < -0.39 is 5.91 Å². The van der Waals surface area contributed by atoms with Crippen molar-refractivity contribution in [1.29, 1.82) is 0 Å². The molecule has 0 saturated carbocycles. The Morgan fingerprint density at radius 2 is 2.00 bits per heavy atom. The van der Waals surface area contributed by atoms with Crippen LogP contribution in [0.1, 0.15) is 21.5 Å². The van der Waals surface area contributed by atoms with E-state index in [-0.39, 0.29) is 17.7 Å². The first-order valence-corrected chi connectivity index (χ1v) is 8.12. The maximum absolute atomic E-state index is 12.6. The lowest BCUT2D eigenvalue weighted by molar-refractivity contribution is 0.0871. The molecule has 0 saturated heterocycles. The average Bonchev–Trinajstić information content (AvgIpc) is 2.60. The Hall–Kier alpha value is -2.63. The molecule has 6 heteroatoms. The zero-order valence-electron chi connectivity index (χ0n) is 13.6. The number of nitrogens with one attached hydrogen (secondary N) is 2. The number of halogens is 1. The van der Waals surface area contributed by atoms with Crippen LogP contribution >= 0.6 is 11.6 Å². The number of ether oxygens (including phenoxy) is 1. The Balaban J connectivity index is 1.97. The van der Waals surface area contributed by atoms with Crippen LogP contribution in [0.5, 0.6) is 0 Å². The number of amides is 1. The highest BCUT2D eigenvalue weighted by Crippen LogP contribution is 2.17. The van der Waals surface area contributed by atoms with Gasteiger partial charge in [0.05, 0.1) is 0 Å². The lowest BCUT2D eigenvalue weighted by Crippen LogP contribution is -2.30. The fraction of sp³-hybridized carbons (Fsp3) is 0.158. The summed E-state index contributed by atoms with van der Waals surface area (Å²) in [6.07, 6.45) is 2.07. The van der Waals surface area contributed by atoms with Gasteiger partial charge in [0.25, 0.3) is 5.91 Å². The third-order valence-corrected chi connectivity index (χ3v) is 4.10. The summed E-state index contributed by atoms with van der Waals surface area (Å²) in [5.41, 5.74) is 2.45. The normalized spacial score (nSPS) is 10.8. The van der Waals surface area contributed by atoms with Crippen LogP contribution in [0.2, 0.25) is 5.02 Å². The first-order valence-electron chi connectivity index (χ1n) is 7.74. The van der Waals surface area contributed by atoms with Crippen LogP contribution < -0.4 is 10.7 Å². The minimum Gasteiger partial charge on any atom is -0.364 e. The third-order valence-electron chi connectivity index (χ3n) is 3.86. The number of hydrogen-bond acceptors (Lipinski definition) is 3. The van der Waals surface area contributed by atoms with Crippen LogP contribution in [0, 0.1) is 0 Å². The van der Waals surface area contributed by atoms with Gasteiger partial charge in [0, 0.05) is 29.2 Å². The van der Waals surface area contributed by atoms with Crippen molar-refractivity contribution < 1.29 is 9.53 Å². The number of fused-ring (bicyclic) bond motifs is 1. The van der Waals surface area contributed by atoms with Crippen molar-refractivity contribution in [2.75, 3.05) is 13.8 Å². The molecular formula is C19H17ClN2O3. The number of benzene rings is 2. The van der Waals surface area contributed by atoms with Crippen LogP contribution in [0.3, 0.4) is 0 Å². The molecule has 1 aromatic heterocycles. The van der Waals surface area contributed by atoms with Crippen molar-refractivity contribution in [1.82, 2.24) is 10.3 Å².